The summed E-state index contributed by atoms with van der Waals surface area (Å²) in [6, 6.07) is 3.76. The minimum atomic E-state index is 0.224. The van der Waals surface area contributed by atoms with Crippen molar-refractivity contribution in [3.63, 3.8) is 0 Å². The molecule has 0 aliphatic carbocycles. The largest absolute Gasteiger partial charge is 0.462 e. The molecule has 0 amide bonds. The van der Waals surface area contributed by atoms with E-state index in [4.69, 9.17) is 9.52 Å². The van der Waals surface area contributed by atoms with Gasteiger partial charge in [-0.05, 0) is 25.1 Å². The Labute approximate surface area is 97.9 Å². The monoisotopic (exact) mass is 238 g/mol. The molecular formula is C11H14N2O2S. The van der Waals surface area contributed by atoms with Crippen LogP contribution in [-0.4, -0.2) is 23.2 Å². The third-order valence-electron chi connectivity index (χ3n) is 2.10. The first-order valence-corrected chi connectivity index (χ1v) is 6.08. The average Bonchev–Trinajstić information content (AvgIpc) is 2.94. The van der Waals surface area contributed by atoms with Crippen LogP contribution in [0, 0.1) is 0 Å². The molecule has 0 unspecified atom stereocenters. The van der Waals surface area contributed by atoms with Gasteiger partial charge < -0.3 is 14.8 Å². The van der Waals surface area contributed by atoms with Crippen LogP contribution in [0.5, 0.6) is 0 Å². The van der Waals surface area contributed by atoms with Gasteiger partial charge in [0.2, 0.25) is 0 Å². The molecule has 16 heavy (non-hydrogen) atoms. The van der Waals surface area contributed by atoms with Gasteiger partial charge in [-0.25, -0.2) is 4.98 Å². The van der Waals surface area contributed by atoms with Crippen LogP contribution >= 0.6 is 11.3 Å². The van der Waals surface area contributed by atoms with Crippen LogP contribution in [0.15, 0.2) is 28.2 Å². The number of rotatable bonds is 6. The highest BCUT2D eigenvalue weighted by molar-refractivity contribution is 7.13. The number of thiazole rings is 1. The predicted molar refractivity (Wildman–Crippen MR) is 63.2 cm³/mol. The van der Waals surface area contributed by atoms with Crippen molar-refractivity contribution in [2.75, 3.05) is 13.2 Å². The van der Waals surface area contributed by atoms with Crippen LogP contribution in [0.2, 0.25) is 0 Å². The molecule has 4 nitrogen and oxygen atoms in total. The zero-order chi connectivity index (χ0) is 11.2. The van der Waals surface area contributed by atoms with Gasteiger partial charge in [0.1, 0.15) is 0 Å². The van der Waals surface area contributed by atoms with Crippen LogP contribution in [0.1, 0.15) is 12.1 Å². The predicted octanol–water partition coefficient (Wildman–Crippen LogP) is 1.88. The van der Waals surface area contributed by atoms with Crippen molar-refractivity contribution in [3.05, 3.63) is 29.5 Å². The Balaban J connectivity index is 1.88. The van der Waals surface area contributed by atoms with E-state index in [1.54, 1.807) is 17.6 Å². The summed E-state index contributed by atoms with van der Waals surface area (Å²) in [5.74, 6) is 0.812. The molecule has 2 rings (SSSR count). The van der Waals surface area contributed by atoms with E-state index in [0.29, 0.717) is 0 Å². The molecule has 2 aromatic rings. The lowest BCUT2D eigenvalue weighted by Gasteiger charge is -1.99. The summed E-state index contributed by atoms with van der Waals surface area (Å²) in [5, 5.41) is 14.8. The lowest BCUT2D eigenvalue weighted by molar-refractivity contribution is 0.286. The second kappa shape index (κ2) is 5.79. The summed E-state index contributed by atoms with van der Waals surface area (Å²) in [6.07, 6.45) is 2.42. The maximum atomic E-state index is 8.63. The quantitative estimate of drug-likeness (QED) is 0.754. The van der Waals surface area contributed by atoms with E-state index < -0.39 is 0 Å². The van der Waals surface area contributed by atoms with Crippen LogP contribution in [0.3, 0.4) is 0 Å². The van der Waals surface area contributed by atoms with Crippen molar-refractivity contribution < 1.29 is 9.52 Å². The standard InChI is InChI=1S/C11H14N2O2S/c14-5-2-4-12-7-9-8-16-11(13-9)10-3-1-6-15-10/h1,3,6,8,12,14H,2,4-5,7H2. The van der Waals surface area contributed by atoms with Crippen molar-refractivity contribution in [3.8, 4) is 10.8 Å². The number of furan rings is 1. The van der Waals surface area contributed by atoms with Crippen LogP contribution < -0.4 is 5.32 Å². The molecular weight excluding hydrogens is 224 g/mol. The van der Waals surface area contributed by atoms with Crippen molar-refractivity contribution in [1.29, 1.82) is 0 Å². The first-order valence-electron chi connectivity index (χ1n) is 5.20. The molecule has 86 valence electrons. The van der Waals surface area contributed by atoms with Gasteiger partial charge in [-0.15, -0.1) is 11.3 Å². The molecule has 5 heteroatoms. The zero-order valence-electron chi connectivity index (χ0n) is 8.85. The van der Waals surface area contributed by atoms with E-state index >= 15 is 0 Å². The molecule has 0 radical (unpaired) electrons. The number of nitrogens with zero attached hydrogens (tertiary/aromatic N) is 1. The summed E-state index contributed by atoms with van der Waals surface area (Å²) in [5.41, 5.74) is 1.01. The van der Waals surface area contributed by atoms with Crippen molar-refractivity contribution in [2.24, 2.45) is 0 Å². The van der Waals surface area contributed by atoms with Gasteiger partial charge >= 0.3 is 0 Å². The fraction of sp³-hybridized carbons (Fsp3) is 0.364. The fourth-order valence-electron chi connectivity index (χ4n) is 1.32. The SMILES string of the molecule is OCCCNCc1csc(-c2ccco2)n1. The molecule has 0 aliphatic rings. The summed E-state index contributed by atoms with van der Waals surface area (Å²) in [4.78, 5) is 4.45. The smallest absolute Gasteiger partial charge is 0.162 e. The Bertz CT molecular complexity index is 411. The van der Waals surface area contributed by atoms with Gasteiger partial charge in [-0.1, -0.05) is 0 Å². The van der Waals surface area contributed by atoms with E-state index in [1.165, 1.54) is 0 Å². The molecule has 0 aromatic carbocycles. The van der Waals surface area contributed by atoms with Crippen LogP contribution in [0.25, 0.3) is 10.8 Å². The summed E-state index contributed by atoms with van der Waals surface area (Å²) >= 11 is 1.58. The Morgan fingerprint density at radius 3 is 3.19 bits per heavy atom. The maximum Gasteiger partial charge on any atom is 0.162 e. The third kappa shape index (κ3) is 2.91. The molecule has 0 saturated heterocycles. The molecule has 0 saturated carbocycles. The minimum Gasteiger partial charge on any atom is -0.462 e. The first-order chi connectivity index (χ1) is 7.90. The minimum absolute atomic E-state index is 0.224. The second-order valence-electron chi connectivity index (χ2n) is 3.38. The van der Waals surface area contributed by atoms with Crippen LogP contribution in [-0.2, 0) is 6.54 Å². The van der Waals surface area contributed by atoms with E-state index in [-0.39, 0.29) is 6.61 Å². The van der Waals surface area contributed by atoms with Gasteiger partial charge in [-0.2, -0.15) is 0 Å². The van der Waals surface area contributed by atoms with Crippen molar-refractivity contribution >= 4 is 11.3 Å². The number of hydrogen-bond acceptors (Lipinski definition) is 5. The van der Waals surface area contributed by atoms with Crippen molar-refractivity contribution in [1.82, 2.24) is 10.3 Å². The van der Waals surface area contributed by atoms with Crippen LogP contribution in [0.4, 0.5) is 0 Å². The highest BCUT2D eigenvalue weighted by Gasteiger charge is 2.06. The molecule has 0 fully saturated rings. The number of nitrogens with one attached hydrogen (secondary N) is 1. The highest BCUT2D eigenvalue weighted by atomic mass is 32.1. The van der Waals surface area contributed by atoms with Gasteiger partial charge in [0, 0.05) is 18.5 Å². The Hall–Kier alpha value is -1.17. The normalized spacial score (nSPS) is 10.8. The summed E-state index contributed by atoms with van der Waals surface area (Å²) in [6.45, 7) is 1.77. The molecule has 2 heterocycles. The Morgan fingerprint density at radius 2 is 2.44 bits per heavy atom. The second-order valence-corrected chi connectivity index (χ2v) is 4.23. The highest BCUT2D eigenvalue weighted by Crippen LogP contribution is 2.23. The fourth-order valence-corrected chi connectivity index (χ4v) is 2.11. The van der Waals surface area contributed by atoms with E-state index in [9.17, 15) is 0 Å². The molecule has 0 bridgehead atoms. The molecule has 0 atom stereocenters. The topological polar surface area (TPSA) is 58.3 Å². The Morgan fingerprint density at radius 1 is 1.50 bits per heavy atom. The number of aromatic nitrogens is 1. The van der Waals surface area contributed by atoms with E-state index in [2.05, 4.69) is 10.3 Å². The third-order valence-corrected chi connectivity index (χ3v) is 3.01. The summed E-state index contributed by atoms with van der Waals surface area (Å²) in [7, 11) is 0. The number of aliphatic hydroxyl groups is 1. The van der Waals surface area contributed by atoms with Gasteiger partial charge in [-0.3, -0.25) is 0 Å². The first kappa shape index (κ1) is 11.3. The molecule has 2 N–H and O–H groups in total. The molecule has 0 aliphatic heterocycles. The Kier molecular flexibility index (Phi) is 4.10. The van der Waals surface area contributed by atoms with Crippen molar-refractivity contribution in [2.45, 2.75) is 13.0 Å². The lowest BCUT2D eigenvalue weighted by Crippen LogP contribution is -2.15. The number of aliphatic hydroxyl groups excluding tert-OH is 1. The zero-order valence-corrected chi connectivity index (χ0v) is 9.67. The average molecular weight is 238 g/mol. The lowest BCUT2D eigenvalue weighted by atomic mass is 10.4. The maximum absolute atomic E-state index is 8.63. The van der Waals surface area contributed by atoms with E-state index in [1.807, 2.05) is 17.5 Å². The van der Waals surface area contributed by atoms with Gasteiger partial charge in [0.25, 0.3) is 0 Å². The van der Waals surface area contributed by atoms with Gasteiger partial charge in [0.05, 0.1) is 12.0 Å². The number of hydrogen-bond donors (Lipinski definition) is 2. The molecule has 0 spiro atoms. The van der Waals surface area contributed by atoms with E-state index in [0.717, 1.165) is 36.0 Å². The van der Waals surface area contributed by atoms with Gasteiger partial charge in [0.15, 0.2) is 10.8 Å². The summed E-state index contributed by atoms with van der Waals surface area (Å²) < 4.78 is 5.27. The molecule has 2 aromatic heterocycles.